The molecule has 2 heterocycles. The second kappa shape index (κ2) is 7.28. The third kappa shape index (κ3) is 3.76. The van der Waals surface area contributed by atoms with E-state index in [9.17, 15) is 4.79 Å². The molecule has 0 radical (unpaired) electrons. The maximum atomic E-state index is 12.5. The van der Waals surface area contributed by atoms with E-state index in [4.69, 9.17) is 12.2 Å². The van der Waals surface area contributed by atoms with E-state index in [1.165, 1.54) is 17.3 Å². The Labute approximate surface area is 171 Å². The largest absolute Gasteiger partial charge is 0.318 e. The molecule has 2 aromatic rings. The molecule has 0 bridgehead atoms. The third-order valence-electron chi connectivity index (χ3n) is 4.94. The molecule has 1 aromatic carbocycles. The molecule has 0 unspecified atom stereocenters. The van der Waals surface area contributed by atoms with Crippen LogP contribution < -0.4 is 0 Å². The fourth-order valence-corrected chi connectivity index (χ4v) is 4.73. The predicted octanol–water partition coefficient (Wildman–Crippen LogP) is 5.61. The van der Waals surface area contributed by atoms with Gasteiger partial charge in [-0.15, -0.1) is 0 Å². The summed E-state index contributed by atoms with van der Waals surface area (Å²) >= 11 is 6.70. The summed E-state index contributed by atoms with van der Waals surface area (Å²) in [5, 5.41) is 0. The first-order chi connectivity index (χ1) is 12.6. The second-order valence-corrected chi connectivity index (χ2v) is 9.56. The molecule has 3 nitrogen and oxygen atoms in total. The molecule has 1 aliphatic heterocycles. The molecular formula is C22H26N2OS2. The fraction of sp³-hybridized carbons (Fsp3) is 0.364. The molecule has 1 amide bonds. The SMILES string of the molecule is CCN1C(=O)C(=Cc2cc(C)n(-c3ccc(C(C)(C)C)cc3)c2C)SC1=S. The first kappa shape index (κ1) is 19.9. The second-order valence-electron chi connectivity index (χ2n) is 7.88. The molecule has 27 heavy (non-hydrogen) atoms. The van der Waals surface area contributed by atoms with Gasteiger partial charge in [-0.2, -0.15) is 0 Å². The Morgan fingerprint density at radius 1 is 1.15 bits per heavy atom. The van der Waals surface area contributed by atoms with Crippen molar-refractivity contribution in [3.8, 4) is 5.69 Å². The molecule has 0 saturated carbocycles. The van der Waals surface area contributed by atoms with Crippen molar-refractivity contribution in [2.24, 2.45) is 0 Å². The summed E-state index contributed by atoms with van der Waals surface area (Å²) in [6.07, 6.45) is 1.97. The Morgan fingerprint density at radius 2 is 1.78 bits per heavy atom. The summed E-state index contributed by atoms with van der Waals surface area (Å²) in [6.45, 7) is 13.4. The summed E-state index contributed by atoms with van der Waals surface area (Å²) < 4.78 is 2.87. The number of hydrogen-bond donors (Lipinski definition) is 0. The van der Waals surface area contributed by atoms with Gasteiger partial charge in [-0.1, -0.05) is 56.9 Å². The summed E-state index contributed by atoms with van der Waals surface area (Å²) in [7, 11) is 0. The Morgan fingerprint density at radius 3 is 2.30 bits per heavy atom. The van der Waals surface area contributed by atoms with Crippen molar-refractivity contribution in [2.45, 2.75) is 47.0 Å². The zero-order chi connectivity index (χ0) is 19.9. The zero-order valence-corrected chi connectivity index (χ0v) is 18.4. The number of aromatic nitrogens is 1. The highest BCUT2D eigenvalue weighted by Gasteiger charge is 2.31. The van der Waals surface area contributed by atoms with E-state index in [-0.39, 0.29) is 11.3 Å². The van der Waals surface area contributed by atoms with Crippen LogP contribution in [0, 0.1) is 13.8 Å². The average Bonchev–Trinajstić information content (AvgIpc) is 3.02. The van der Waals surface area contributed by atoms with Crippen LogP contribution in [-0.2, 0) is 10.2 Å². The number of benzene rings is 1. The van der Waals surface area contributed by atoms with Crippen LogP contribution in [0.1, 0.15) is 50.2 Å². The number of thiocarbonyl (C=S) groups is 1. The lowest BCUT2D eigenvalue weighted by Gasteiger charge is -2.20. The van der Waals surface area contributed by atoms with E-state index >= 15 is 0 Å². The van der Waals surface area contributed by atoms with Crippen LogP contribution >= 0.6 is 24.0 Å². The number of nitrogens with zero attached hydrogens (tertiary/aromatic N) is 2. The Kier molecular flexibility index (Phi) is 5.37. The Hall–Kier alpha value is -1.85. The highest BCUT2D eigenvalue weighted by molar-refractivity contribution is 8.26. The number of carbonyl (C=O) groups excluding carboxylic acids is 1. The zero-order valence-electron chi connectivity index (χ0n) is 16.8. The summed E-state index contributed by atoms with van der Waals surface area (Å²) in [6, 6.07) is 10.9. The van der Waals surface area contributed by atoms with Gasteiger partial charge < -0.3 is 4.57 Å². The number of thioether (sulfide) groups is 1. The smallest absolute Gasteiger partial charge is 0.266 e. The normalized spacial score (nSPS) is 16.7. The number of carbonyl (C=O) groups is 1. The number of rotatable bonds is 3. The van der Waals surface area contributed by atoms with Gasteiger partial charge in [0.2, 0.25) is 0 Å². The van der Waals surface area contributed by atoms with Crippen molar-refractivity contribution in [3.05, 3.63) is 57.8 Å². The third-order valence-corrected chi connectivity index (χ3v) is 6.32. The molecular weight excluding hydrogens is 372 g/mol. The predicted molar refractivity (Wildman–Crippen MR) is 119 cm³/mol. The van der Waals surface area contributed by atoms with E-state index in [2.05, 4.69) is 69.5 Å². The molecule has 1 fully saturated rings. The molecule has 1 aliphatic rings. The monoisotopic (exact) mass is 398 g/mol. The first-order valence-corrected chi connectivity index (χ1v) is 10.4. The van der Waals surface area contributed by atoms with Crippen molar-refractivity contribution in [1.82, 2.24) is 9.47 Å². The van der Waals surface area contributed by atoms with Crippen molar-refractivity contribution < 1.29 is 4.79 Å². The summed E-state index contributed by atoms with van der Waals surface area (Å²) in [4.78, 5) is 14.8. The van der Waals surface area contributed by atoms with Gasteiger partial charge in [-0.25, -0.2) is 0 Å². The van der Waals surface area contributed by atoms with Crippen LogP contribution in [0.4, 0.5) is 0 Å². The molecule has 1 saturated heterocycles. The molecule has 0 aliphatic carbocycles. The van der Waals surface area contributed by atoms with Crippen LogP contribution in [0.5, 0.6) is 0 Å². The van der Waals surface area contributed by atoms with E-state index in [0.29, 0.717) is 15.8 Å². The standard InChI is InChI=1S/C22H26N2OS2/c1-7-23-20(25)19(27-21(23)26)13-16-12-14(2)24(15(16)3)18-10-8-17(9-11-18)22(4,5)6/h8-13H,7H2,1-6H3. The molecule has 5 heteroatoms. The van der Waals surface area contributed by atoms with Gasteiger partial charge in [0.1, 0.15) is 4.32 Å². The molecule has 1 aromatic heterocycles. The van der Waals surface area contributed by atoms with Crippen LogP contribution in [0.3, 0.4) is 0 Å². The van der Waals surface area contributed by atoms with Crippen LogP contribution in [0.15, 0.2) is 35.2 Å². The minimum Gasteiger partial charge on any atom is -0.318 e. The van der Waals surface area contributed by atoms with Crippen molar-refractivity contribution >= 4 is 40.3 Å². The maximum absolute atomic E-state index is 12.5. The maximum Gasteiger partial charge on any atom is 0.266 e. The lowest BCUT2D eigenvalue weighted by atomic mass is 9.87. The van der Waals surface area contributed by atoms with E-state index < -0.39 is 0 Å². The van der Waals surface area contributed by atoms with Gasteiger partial charge in [0, 0.05) is 23.6 Å². The van der Waals surface area contributed by atoms with Crippen LogP contribution in [0.2, 0.25) is 0 Å². The number of aryl methyl sites for hydroxylation is 1. The van der Waals surface area contributed by atoms with Crippen molar-refractivity contribution in [3.63, 3.8) is 0 Å². The number of amides is 1. The number of likely N-dealkylation sites (N-methyl/N-ethyl adjacent to an activating group) is 1. The highest BCUT2D eigenvalue weighted by Crippen LogP contribution is 2.34. The van der Waals surface area contributed by atoms with Crippen LogP contribution in [0.25, 0.3) is 11.8 Å². The quantitative estimate of drug-likeness (QED) is 0.496. The highest BCUT2D eigenvalue weighted by atomic mass is 32.2. The molecule has 0 spiro atoms. The molecule has 0 N–H and O–H groups in total. The van der Waals surface area contributed by atoms with Gasteiger partial charge in [0.25, 0.3) is 5.91 Å². The molecule has 142 valence electrons. The van der Waals surface area contributed by atoms with Gasteiger partial charge in [-0.3, -0.25) is 9.69 Å². The van der Waals surface area contributed by atoms with Gasteiger partial charge in [-0.05, 0) is 61.6 Å². The van der Waals surface area contributed by atoms with Crippen molar-refractivity contribution in [2.75, 3.05) is 6.54 Å². The minimum atomic E-state index is 0.00633. The van der Waals surface area contributed by atoms with Gasteiger partial charge in [0.15, 0.2) is 0 Å². The number of hydrogen-bond acceptors (Lipinski definition) is 3. The van der Waals surface area contributed by atoms with Crippen LogP contribution in [-0.4, -0.2) is 26.2 Å². The lowest BCUT2D eigenvalue weighted by molar-refractivity contribution is -0.121. The lowest BCUT2D eigenvalue weighted by Crippen LogP contribution is -2.27. The first-order valence-electron chi connectivity index (χ1n) is 9.18. The topological polar surface area (TPSA) is 25.2 Å². The van der Waals surface area contributed by atoms with Gasteiger partial charge >= 0.3 is 0 Å². The summed E-state index contributed by atoms with van der Waals surface area (Å²) in [5.41, 5.74) is 5.92. The van der Waals surface area contributed by atoms with Gasteiger partial charge in [0.05, 0.1) is 4.91 Å². The fourth-order valence-electron chi connectivity index (χ4n) is 3.36. The minimum absolute atomic E-state index is 0.00633. The van der Waals surface area contributed by atoms with Crippen molar-refractivity contribution in [1.29, 1.82) is 0 Å². The van der Waals surface area contributed by atoms with E-state index in [1.54, 1.807) is 4.90 Å². The van der Waals surface area contributed by atoms with E-state index in [0.717, 1.165) is 22.6 Å². The Balaban J connectivity index is 1.98. The Bertz CT molecular complexity index is 930. The molecule has 3 rings (SSSR count). The van der Waals surface area contributed by atoms with E-state index in [1.807, 2.05) is 13.0 Å². The average molecular weight is 399 g/mol. The molecule has 0 atom stereocenters. The summed E-state index contributed by atoms with van der Waals surface area (Å²) in [5.74, 6) is 0.00633.